The van der Waals surface area contributed by atoms with Gasteiger partial charge in [-0.05, 0) is 17.5 Å². The summed E-state index contributed by atoms with van der Waals surface area (Å²) in [6.07, 6.45) is 3.89. The normalized spacial score (nSPS) is 11.6. The van der Waals surface area contributed by atoms with Gasteiger partial charge in [0.25, 0.3) is 0 Å². The highest BCUT2D eigenvalue weighted by molar-refractivity contribution is 6.00. The van der Waals surface area contributed by atoms with Crippen molar-refractivity contribution in [1.82, 2.24) is 4.98 Å². The lowest BCUT2D eigenvalue weighted by Gasteiger charge is -2.01. The van der Waals surface area contributed by atoms with Crippen LogP contribution < -0.4 is 0 Å². The third-order valence-corrected chi connectivity index (χ3v) is 3.73. The van der Waals surface area contributed by atoms with Crippen LogP contribution in [0.5, 0.6) is 0 Å². The first-order valence-corrected chi connectivity index (χ1v) is 7.00. The maximum absolute atomic E-state index is 4.69. The number of aliphatic imine (C=N–C) groups is 1. The Morgan fingerprint density at radius 3 is 2.57 bits per heavy atom. The summed E-state index contributed by atoms with van der Waals surface area (Å²) in [7, 11) is 0. The molecule has 0 bridgehead atoms. The zero-order valence-corrected chi connectivity index (χ0v) is 11.5. The quantitative estimate of drug-likeness (QED) is 0.492. The molecule has 2 nitrogen and oxygen atoms in total. The van der Waals surface area contributed by atoms with Gasteiger partial charge < -0.3 is 4.98 Å². The van der Waals surface area contributed by atoms with Crippen molar-refractivity contribution in [2.45, 2.75) is 0 Å². The van der Waals surface area contributed by atoms with E-state index in [1.165, 1.54) is 16.2 Å². The van der Waals surface area contributed by atoms with Gasteiger partial charge in [0.2, 0.25) is 0 Å². The van der Waals surface area contributed by atoms with Crippen molar-refractivity contribution < 1.29 is 0 Å². The topological polar surface area (TPSA) is 28.1 Å². The van der Waals surface area contributed by atoms with Gasteiger partial charge in [-0.1, -0.05) is 54.6 Å². The van der Waals surface area contributed by atoms with Crippen LogP contribution in [-0.4, -0.2) is 11.2 Å². The number of aromatic nitrogens is 1. The number of benzene rings is 3. The lowest BCUT2D eigenvalue weighted by Crippen LogP contribution is -1.83. The largest absolute Gasteiger partial charge is 0.361 e. The molecule has 100 valence electrons. The van der Waals surface area contributed by atoms with E-state index >= 15 is 0 Å². The fourth-order valence-electron chi connectivity index (χ4n) is 2.68. The predicted molar refractivity (Wildman–Crippen MR) is 89.5 cm³/mol. The van der Waals surface area contributed by atoms with Crippen LogP contribution in [0.3, 0.4) is 0 Å². The Balaban J connectivity index is 1.82. The van der Waals surface area contributed by atoms with E-state index in [-0.39, 0.29) is 0 Å². The average molecular weight is 270 g/mol. The lowest BCUT2D eigenvalue weighted by atomic mass is 10.1. The van der Waals surface area contributed by atoms with Crippen LogP contribution in [0.15, 0.2) is 77.9 Å². The van der Waals surface area contributed by atoms with Gasteiger partial charge in [0.1, 0.15) is 0 Å². The first kappa shape index (κ1) is 11.9. The molecule has 0 aliphatic rings. The fourth-order valence-corrected chi connectivity index (χ4v) is 2.68. The minimum atomic E-state index is 0.997. The Kier molecular flexibility index (Phi) is 2.79. The molecule has 0 saturated carbocycles. The van der Waals surface area contributed by atoms with E-state index in [9.17, 15) is 0 Å². The van der Waals surface area contributed by atoms with Crippen LogP contribution in [0.2, 0.25) is 0 Å². The molecule has 2 heteroatoms. The van der Waals surface area contributed by atoms with Crippen molar-refractivity contribution in [1.29, 1.82) is 0 Å². The minimum absolute atomic E-state index is 0.997. The molecule has 0 fully saturated rings. The van der Waals surface area contributed by atoms with Crippen molar-refractivity contribution in [3.63, 3.8) is 0 Å². The molecule has 4 rings (SSSR count). The molecule has 0 saturated heterocycles. The van der Waals surface area contributed by atoms with Crippen LogP contribution in [0.4, 0.5) is 5.69 Å². The Morgan fingerprint density at radius 1 is 0.762 bits per heavy atom. The molecule has 0 spiro atoms. The second-order valence-corrected chi connectivity index (χ2v) is 5.05. The molecule has 1 heterocycles. The predicted octanol–water partition coefficient (Wildman–Crippen LogP) is 5.07. The number of fused-ring (bicyclic) bond motifs is 2. The van der Waals surface area contributed by atoms with Crippen molar-refractivity contribution >= 4 is 33.6 Å². The van der Waals surface area contributed by atoms with Crippen molar-refractivity contribution in [3.05, 3.63) is 78.5 Å². The number of nitrogens with one attached hydrogen (secondary N) is 1. The molecule has 0 amide bonds. The van der Waals surface area contributed by atoms with Gasteiger partial charge >= 0.3 is 0 Å². The highest BCUT2D eigenvalue weighted by Gasteiger charge is 2.00. The summed E-state index contributed by atoms with van der Waals surface area (Å²) in [6, 6.07) is 22.8. The van der Waals surface area contributed by atoms with Crippen LogP contribution in [-0.2, 0) is 0 Å². The monoisotopic (exact) mass is 270 g/mol. The first-order valence-electron chi connectivity index (χ1n) is 7.00. The highest BCUT2D eigenvalue weighted by Crippen LogP contribution is 2.26. The van der Waals surface area contributed by atoms with Gasteiger partial charge in [0.05, 0.1) is 11.2 Å². The summed E-state index contributed by atoms with van der Waals surface area (Å²) >= 11 is 0. The van der Waals surface area contributed by atoms with Crippen LogP contribution in [0.25, 0.3) is 21.7 Å². The minimum Gasteiger partial charge on any atom is -0.361 e. The van der Waals surface area contributed by atoms with Gasteiger partial charge in [-0.25, -0.2) is 0 Å². The van der Waals surface area contributed by atoms with Gasteiger partial charge in [-0.2, -0.15) is 0 Å². The Morgan fingerprint density at radius 2 is 1.57 bits per heavy atom. The van der Waals surface area contributed by atoms with Crippen molar-refractivity contribution in [2.24, 2.45) is 4.99 Å². The molecule has 0 aliphatic heterocycles. The fraction of sp³-hybridized carbons (Fsp3) is 0. The van der Waals surface area contributed by atoms with E-state index in [1.807, 2.05) is 30.6 Å². The second kappa shape index (κ2) is 4.91. The van der Waals surface area contributed by atoms with E-state index in [4.69, 9.17) is 0 Å². The van der Waals surface area contributed by atoms with Crippen LogP contribution >= 0.6 is 0 Å². The summed E-state index contributed by atoms with van der Waals surface area (Å²) in [6.45, 7) is 0. The molecule has 1 aromatic heterocycles. The van der Waals surface area contributed by atoms with Crippen LogP contribution in [0.1, 0.15) is 5.56 Å². The Labute approximate surface area is 122 Å². The number of hydrogen-bond donors (Lipinski definition) is 1. The van der Waals surface area contributed by atoms with Gasteiger partial charge in [-0.15, -0.1) is 0 Å². The molecule has 0 radical (unpaired) electrons. The second-order valence-electron chi connectivity index (χ2n) is 5.05. The van der Waals surface area contributed by atoms with Crippen molar-refractivity contribution in [3.8, 4) is 0 Å². The first-order chi connectivity index (χ1) is 10.4. The molecule has 0 aliphatic carbocycles. The highest BCUT2D eigenvalue weighted by atomic mass is 14.7. The maximum Gasteiger partial charge on any atom is 0.0708 e. The molecule has 4 aromatic rings. The van der Waals surface area contributed by atoms with Gasteiger partial charge in [-0.3, -0.25) is 4.99 Å². The molecule has 21 heavy (non-hydrogen) atoms. The summed E-state index contributed by atoms with van der Waals surface area (Å²) in [5.41, 5.74) is 3.23. The van der Waals surface area contributed by atoms with E-state index < -0.39 is 0 Å². The number of rotatable bonds is 2. The van der Waals surface area contributed by atoms with E-state index in [2.05, 4.69) is 58.5 Å². The van der Waals surface area contributed by atoms with E-state index in [0.717, 1.165) is 16.8 Å². The smallest absolute Gasteiger partial charge is 0.0708 e. The summed E-state index contributed by atoms with van der Waals surface area (Å²) in [4.78, 5) is 7.96. The Hall–Kier alpha value is -2.87. The molecular formula is C19H14N2. The molecule has 1 N–H and O–H groups in total. The van der Waals surface area contributed by atoms with Crippen LogP contribution in [0, 0.1) is 0 Å². The van der Waals surface area contributed by atoms with E-state index in [0.29, 0.717) is 0 Å². The number of nitrogens with zero attached hydrogens (tertiary/aromatic N) is 1. The summed E-state index contributed by atoms with van der Waals surface area (Å²) in [5, 5.41) is 3.59. The van der Waals surface area contributed by atoms with Crippen molar-refractivity contribution in [2.75, 3.05) is 0 Å². The zero-order chi connectivity index (χ0) is 14.1. The number of H-pyrrole nitrogens is 1. The lowest BCUT2D eigenvalue weighted by molar-refractivity contribution is 1.47. The van der Waals surface area contributed by atoms with Gasteiger partial charge in [0, 0.05) is 28.7 Å². The molecule has 0 atom stereocenters. The summed E-state index contributed by atoms with van der Waals surface area (Å²) in [5.74, 6) is 0. The average Bonchev–Trinajstić information content (AvgIpc) is 3.02. The van der Waals surface area contributed by atoms with E-state index in [1.54, 1.807) is 0 Å². The number of hydrogen-bond acceptors (Lipinski definition) is 1. The molecule has 0 unspecified atom stereocenters. The van der Waals surface area contributed by atoms with Gasteiger partial charge in [0.15, 0.2) is 0 Å². The maximum atomic E-state index is 4.69. The standard InChI is InChI=1S/C19H14N2/c1-2-9-17-14(5-1)6-4-10-18(17)21-13-16-8-3-7-15-11-12-20-19(15)16/h1-13,20H/b21-13+. The Bertz CT molecular complexity index is 943. The summed E-state index contributed by atoms with van der Waals surface area (Å²) < 4.78 is 0. The number of para-hydroxylation sites is 1. The third kappa shape index (κ3) is 2.11. The number of aromatic amines is 1. The molecule has 3 aromatic carbocycles. The SMILES string of the molecule is C(=N\c1cccc2ccccc12)/c1cccc2cc[nH]c12. The molecular weight excluding hydrogens is 256 g/mol. The third-order valence-electron chi connectivity index (χ3n) is 3.73. The zero-order valence-electron chi connectivity index (χ0n) is 11.5.